The van der Waals surface area contributed by atoms with Crippen molar-refractivity contribution in [1.82, 2.24) is 15.5 Å². The van der Waals surface area contributed by atoms with E-state index in [1.807, 2.05) is 4.90 Å². The van der Waals surface area contributed by atoms with Gasteiger partial charge in [0.05, 0.1) is 0 Å². The molecule has 1 fully saturated rings. The zero-order valence-corrected chi connectivity index (χ0v) is 10.8. The van der Waals surface area contributed by atoms with Gasteiger partial charge in [0.2, 0.25) is 0 Å². The molecule has 7 heteroatoms. The van der Waals surface area contributed by atoms with Crippen molar-refractivity contribution in [2.75, 3.05) is 31.1 Å². The summed E-state index contributed by atoms with van der Waals surface area (Å²) in [5.41, 5.74) is 0.608. The van der Waals surface area contributed by atoms with Crippen LogP contribution >= 0.6 is 0 Å². The average molecular weight is 280 g/mol. The van der Waals surface area contributed by atoms with Gasteiger partial charge in [-0.1, -0.05) is 11.2 Å². The Morgan fingerprint density at radius 3 is 2.75 bits per heavy atom. The van der Waals surface area contributed by atoms with Crippen LogP contribution in [0.15, 0.2) is 22.7 Å². The van der Waals surface area contributed by atoms with Gasteiger partial charge < -0.3 is 14.7 Å². The molecule has 0 radical (unpaired) electrons. The minimum absolute atomic E-state index is 0.312. The highest BCUT2D eigenvalue weighted by atomic mass is 19.2. The van der Waals surface area contributed by atoms with Crippen LogP contribution in [-0.4, -0.2) is 36.3 Å². The van der Waals surface area contributed by atoms with Gasteiger partial charge in [0.15, 0.2) is 17.5 Å². The molecule has 5 nitrogen and oxygen atoms in total. The number of nitrogens with zero attached hydrogens (tertiary/aromatic N) is 3. The first-order chi connectivity index (χ1) is 9.72. The lowest BCUT2D eigenvalue weighted by Crippen LogP contribution is -2.43. The van der Waals surface area contributed by atoms with Gasteiger partial charge in [-0.2, -0.15) is 4.98 Å². The Bertz CT molecular complexity index is 596. The van der Waals surface area contributed by atoms with E-state index >= 15 is 0 Å². The Morgan fingerprint density at radius 2 is 2.00 bits per heavy atom. The summed E-state index contributed by atoms with van der Waals surface area (Å²) in [6, 6.07) is 4.24. The van der Waals surface area contributed by atoms with Gasteiger partial charge in [0.25, 0.3) is 0 Å². The fourth-order valence-corrected chi connectivity index (χ4v) is 2.13. The van der Waals surface area contributed by atoms with E-state index < -0.39 is 11.6 Å². The van der Waals surface area contributed by atoms with E-state index in [0.717, 1.165) is 38.3 Å². The molecule has 1 aliphatic heterocycles. The molecular formula is C13H14F2N4O. The van der Waals surface area contributed by atoms with Gasteiger partial charge in [-0.15, -0.1) is 0 Å². The van der Waals surface area contributed by atoms with Crippen LogP contribution in [0.3, 0.4) is 0 Å². The molecule has 0 amide bonds. The predicted molar refractivity (Wildman–Crippen MR) is 68.5 cm³/mol. The number of nitrogens with one attached hydrogen (secondary N) is 1. The molecule has 0 atom stereocenters. The minimum Gasteiger partial charge on any atom is -0.322 e. The summed E-state index contributed by atoms with van der Waals surface area (Å²) in [5, 5.41) is 7.11. The topological polar surface area (TPSA) is 54.2 Å². The molecule has 1 aliphatic rings. The lowest BCUT2D eigenvalue weighted by molar-refractivity contribution is 0.399. The highest BCUT2D eigenvalue weighted by Crippen LogP contribution is 2.15. The molecule has 1 aromatic heterocycles. The van der Waals surface area contributed by atoms with E-state index in [1.54, 1.807) is 0 Å². The lowest BCUT2D eigenvalue weighted by Gasteiger charge is -2.24. The zero-order valence-electron chi connectivity index (χ0n) is 10.8. The molecule has 20 heavy (non-hydrogen) atoms. The Kier molecular flexibility index (Phi) is 3.60. The Morgan fingerprint density at radius 1 is 1.20 bits per heavy atom. The van der Waals surface area contributed by atoms with Crippen LogP contribution in [0.4, 0.5) is 14.8 Å². The Balaban J connectivity index is 1.71. The smallest absolute Gasteiger partial charge is 0.322 e. The molecule has 106 valence electrons. The molecular weight excluding hydrogens is 266 g/mol. The summed E-state index contributed by atoms with van der Waals surface area (Å²) in [6.45, 7) is 3.38. The number of piperazine rings is 1. The van der Waals surface area contributed by atoms with Crippen molar-refractivity contribution in [3.05, 3.63) is 41.2 Å². The molecule has 2 heterocycles. The van der Waals surface area contributed by atoms with Crippen LogP contribution in [0.5, 0.6) is 0 Å². The molecule has 0 bridgehead atoms. The molecule has 0 unspecified atom stereocenters. The highest BCUT2D eigenvalue weighted by Gasteiger charge is 2.17. The largest absolute Gasteiger partial charge is 0.324 e. The molecule has 0 aliphatic carbocycles. The van der Waals surface area contributed by atoms with Crippen molar-refractivity contribution in [3.8, 4) is 0 Å². The first-order valence-corrected chi connectivity index (χ1v) is 6.44. The van der Waals surface area contributed by atoms with Crippen molar-refractivity contribution in [1.29, 1.82) is 0 Å². The summed E-state index contributed by atoms with van der Waals surface area (Å²) in [4.78, 5) is 6.28. The number of hydrogen-bond donors (Lipinski definition) is 1. The Hall–Kier alpha value is -2.02. The molecule has 1 aromatic carbocycles. The van der Waals surface area contributed by atoms with E-state index in [4.69, 9.17) is 4.52 Å². The van der Waals surface area contributed by atoms with Crippen LogP contribution in [-0.2, 0) is 6.42 Å². The summed E-state index contributed by atoms with van der Waals surface area (Å²) >= 11 is 0. The van der Waals surface area contributed by atoms with Gasteiger partial charge in [0.1, 0.15) is 0 Å². The normalized spacial score (nSPS) is 15.6. The molecule has 1 N–H and O–H groups in total. The van der Waals surface area contributed by atoms with Gasteiger partial charge in [0, 0.05) is 32.6 Å². The maximum absolute atomic E-state index is 13.1. The second-order valence-corrected chi connectivity index (χ2v) is 4.66. The van der Waals surface area contributed by atoms with Gasteiger partial charge in [-0.3, -0.25) is 0 Å². The van der Waals surface area contributed by atoms with E-state index in [2.05, 4.69) is 15.5 Å². The van der Waals surface area contributed by atoms with Gasteiger partial charge in [-0.05, 0) is 17.7 Å². The number of benzene rings is 1. The van der Waals surface area contributed by atoms with Crippen LogP contribution in [0.1, 0.15) is 11.4 Å². The summed E-state index contributed by atoms with van der Waals surface area (Å²) < 4.78 is 31.2. The SMILES string of the molecule is Fc1ccc(Cc2noc(N3CCNCC3)n2)cc1F. The number of aromatic nitrogens is 2. The van der Waals surface area contributed by atoms with E-state index in [1.165, 1.54) is 6.07 Å². The maximum Gasteiger partial charge on any atom is 0.324 e. The van der Waals surface area contributed by atoms with Gasteiger partial charge >= 0.3 is 6.01 Å². The third-order valence-electron chi connectivity index (χ3n) is 3.19. The van der Waals surface area contributed by atoms with Crippen LogP contribution in [0.2, 0.25) is 0 Å². The fraction of sp³-hybridized carbons (Fsp3) is 0.385. The molecule has 1 saturated heterocycles. The third kappa shape index (κ3) is 2.77. The third-order valence-corrected chi connectivity index (χ3v) is 3.19. The molecule has 2 aromatic rings. The number of rotatable bonds is 3. The monoisotopic (exact) mass is 280 g/mol. The van der Waals surface area contributed by atoms with E-state index in [0.29, 0.717) is 23.8 Å². The summed E-state index contributed by atoms with van der Waals surface area (Å²) in [7, 11) is 0. The summed E-state index contributed by atoms with van der Waals surface area (Å²) in [5.74, 6) is -1.26. The zero-order chi connectivity index (χ0) is 13.9. The number of hydrogen-bond acceptors (Lipinski definition) is 5. The average Bonchev–Trinajstić information content (AvgIpc) is 2.92. The number of halogens is 2. The standard InChI is InChI=1S/C13H14F2N4O/c14-10-2-1-9(7-11(10)15)8-12-17-13(20-18-12)19-5-3-16-4-6-19/h1-2,7,16H,3-6,8H2. The predicted octanol–water partition coefficient (Wildman–Crippen LogP) is 1.35. The molecule has 0 spiro atoms. The van der Waals surface area contributed by atoms with Gasteiger partial charge in [-0.25, -0.2) is 8.78 Å². The molecule has 0 saturated carbocycles. The second-order valence-electron chi connectivity index (χ2n) is 4.66. The highest BCUT2D eigenvalue weighted by molar-refractivity contribution is 5.28. The van der Waals surface area contributed by atoms with Crippen LogP contribution in [0, 0.1) is 11.6 Å². The van der Waals surface area contributed by atoms with Crippen LogP contribution in [0.25, 0.3) is 0 Å². The fourth-order valence-electron chi connectivity index (χ4n) is 2.13. The Labute approximate surface area is 114 Å². The molecule has 3 rings (SSSR count). The van der Waals surface area contributed by atoms with Crippen LogP contribution < -0.4 is 10.2 Å². The van der Waals surface area contributed by atoms with E-state index in [9.17, 15) is 8.78 Å². The first-order valence-electron chi connectivity index (χ1n) is 6.44. The summed E-state index contributed by atoms with van der Waals surface area (Å²) in [6.07, 6.45) is 0.312. The lowest BCUT2D eigenvalue weighted by atomic mass is 10.1. The minimum atomic E-state index is -0.867. The van der Waals surface area contributed by atoms with Crippen molar-refractivity contribution in [2.24, 2.45) is 0 Å². The van der Waals surface area contributed by atoms with Crippen molar-refractivity contribution in [3.63, 3.8) is 0 Å². The van der Waals surface area contributed by atoms with Crippen molar-refractivity contribution in [2.45, 2.75) is 6.42 Å². The maximum atomic E-state index is 13.1. The quantitative estimate of drug-likeness (QED) is 0.919. The van der Waals surface area contributed by atoms with Crippen molar-refractivity contribution >= 4 is 6.01 Å². The van der Waals surface area contributed by atoms with Crippen molar-refractivity contribution < 1.29 is 13.3 Å². The van der Waals surface area contributed by atoms with E-state index in [-0.39, 0.29) is 0 Å². The first kappa shape index (κ1) is 13.0. The second kappa shape index (κ2) is 5.54. The number of anilines is 1.